The number of fused-ring (bicyclic) bond motifs is 1. The summed E-state index contributed by atoms with van der Waals surface area (Å²) in [7, 11) is 0. The molecule has 5 heteroatoms. The van der Waals surface area contributed by atoms with Gasteiger partial charge in [-0.25, -0.2) is 0 Å². The first-order valence-electron chi connectivity index (χ1n) is 9.35. The summed E-state index contributed by atoms with van der Waals surface area (Å²) in [5, 5.41) is 0. The van der Waals surface area contributed by atoms with Gasteiger partial charge in [0.25, 0.3) is 5.91 Å². The molecule has 3 rings (SSSR count). The molecule has 0 spiro atoms. The Morgan fingerprint density at radius 3 is 2.92 bits per heavy atom. The third-order valence-corrected chi connectivity index (χ3v) is 4.97. The molecule has 25 heavy (non-hydrogen) atoms. The molecule has 1 aliphatic heterocycles. The van der Waals surface area contributed by atoms with Gasteiger partial charge in [0.05, 0.1) is 19.1 Å². The highest BCUT2D eigenvalue weighted by molar-refractivity contribution is 5.94. The van der Waals surface area contributed by atoms with Crippen molar-refractivity contribution in [2.24, 2.45) is 11.8 Å². The van der Waals surface area contributed by atoms with Crippen LogP contribution in [0.2, 0.25) is 0 Å². The van der Waals surface area contributed by atoms with E-state index in [0.29, 0.717) is 25.3 Å². The number of nitrogens with zero attached hydrogens (tertiary/aromatic N) is 1. The number of unbranched alkanes of at least 4 members (excludes halogenated alkanes) is 1. The Labute approximate surface area is 149 Å². The second-order valence-corrected chi connectivity index (χ2v) is 6.88. The summed E-state index contributed by atoms with van der Waals surface area (Å²) in [6.07, 6.45) is 3.69. The molecule has 0 saturated heterocycles. The van der Waals surface area contributed by atoms with E-state index in [-0.39, 0.29) is 23.7 Å². The molecule has 2 atom stereocenters. The first-order valence-corrected chi connectivity index (χ1v) is 9.35. The van der Waals surface area contributed by atoms with E-state index < -0.39 is 0 Å². The zero-order valence-electron chi connectivity index (χ0n) is 15.1. The van der Waals surface area contributed by atoms with Crippen LogP contribution in [0.4, 0.5) is 0 Å². The van der Waals surface area contributed by atoms with Gasteiger partial charge in [0, 0.05) is 25.1 Å². The molecular weight excluding hydrogens is 318 g/mol. The third-order valence-electron chi connectivity index (χ3n) is 4.97. The summed E-state index contributed by atoms with van der Waals surface area (Å²) in [6, 6.07) is 5.70. The minimum absolute atomic E-state index is 0.0368. The summed E-state index contributed by atoms with van der Waals surface area (Å²) in [5.41, 5.74) is 1.82. The van der Waals surface area contributed by atoms with Crippen molar-refractivity contribution in [2.75, 3.05) is 26.3 Å². The Kier molecular flexibility index (Phi) is 5.61. The monoisotopic (exact) mass is 345 g/mol. The first-order chi connectivity index (χ1) is 12.1. The van der Waals surface area contributed by atoms with Gasteiger partial charge in [-0.1, -0.05) is 13.3 Å². The minimum Gasteiger partial charge on any atom is -0.493 e. The van der Waals surface area contributed by atoms with Crippen LogP contribution in [-0.4, -0.2) is 43.1 Å². The maximum absolute atomic E-state index is 13.0. The van der Waals surface area contributed by atoms with Crippen molar-refractivity contribution in [3.05, 3.63) is 29.3 Å². The maximum atomic E-state index is 13.0. The van der Waals surface area contributed by atoms with Crippen LogP contribution in [0, 0.1) is 11.8 Å². The lowest BCUT2D eigenvalue weighted by molar-refractivity contribution is -0.145. The number of hydrogen-bond donors (Lipinski definition) is 0. The van der Waals surface area contributed by atoms with Gasteiger partial charge < -0.3 is 14.4 Å². The zero-order valence-corrected chi connectivity index (χ0v) is 15.1. The normalized spacial score (nSPS) is 20.6. The van der Waals surface area contributed by atoms with Crippen molar-refractivity contribution < 1.29 is 19.1 Å². The fourth-order valence-electron chi connectivity index (χ4n) is 3.40. The molecule has 1 saturated carbocycles. The minimum atomic E-state index is -0.120. The summed E-state index contributed by atoms with van der Waals surface area (Å²) in [6.45, 7) is 6.41. The van der Waals surface area contributed by atoms with E-state index in [1.807, 2.05) is 30.0 Å². The van der Waals surface area contributed by atoms with Crippen LogP contribution in [-0.2, 0) is 16.0 Å². The van der Waals surface area contributed by atoms with Gasteiger partial charge in [0.15, 0.2) is 0 Å². The largest absolute Gasteiger partial charge is 0.493 e. The van der Waals surface area contributed by atoms with Crippen LogP contribution >= 0.6 is 0 Å². The summed E-state index contributed by atoms with van der Waals surface area (Å²) >= 11 is 0. The Balaban J connectivity index is 1.66. The number of carbonyl (C=O) groups is 2. The number of hydrogen-bond acceptors (Lipinski definition) is 4. The second kappa shape index (κ2) is 7.89. The van der Waals surface area contributed by atoms with Crippen LogP contribution in [0.1, 0.15) is 49.0 Å². The van der Waals surface area contributed by atoms with E-state index in [2.05, 4.69) is 6.92 Å². The van der Waals surface area contributed by atoms with Crippen molar-refractivity contribution in [2.45, 2.75) is 39.5 Å². The van der Waals surface area contributed by atoms with Crippen LogP contribution < -0.4 is 4.74 Å². The number of amides is 1. The fourth-order valence-corrected chi connectivity index (χ4v) is 3.40. The Morgan fingerprint density at radius 1 is 1.32 bits per heavy atom. The molecule has 1 aromatic carbocycles. The van der Waals surface area contributed by atoms with Crippen LogP contribution in [0.15, 0.2) is 18.2 Å². The van der Waals surface area contributed by atoms with Crippen LogP contribution in [0.25, 0.3) is 0 Å². The molecule has 0 unspecified atom stereocenters. The van der Waals surface area contributed by atoms with Crippen molar-refractivity contribution in [3.8, 4) is 5.75 Å². The molecule has 0 N–H and O–H groups in total. The van der Waals surface area contributed by atoms with Crippen LogP contribution in [0.3, 0.4) is 0 Å². The molecule has 136 valence electrons. The Hall–Kier alpha value is -2.04. The van der Waals surface area contributed by atoms with Gasteiger partial charge in [-0.3, -0.25) is 9.59 Å². The summed E-state index contributed by atoms with van der Waals surface area (Å²) < 4.78 is 10.6. The van der Waals surface area contributed by atoms with E-state index in [4.69, 9.17) is 9.47 Å². The Morgan fingerprint density at radius 2 is 2.16 bits per heavy atom. The lowest BCUT2D eigenvalue weighted by Crippen LogP contribution is -2.34. The predicted octanol–water partition coefficient (Wildman–Crippen LogP) is 3.06. The Bertz CT molecular complexity index is 643. The average molecular weight is 345 g/mol. The van der Waals surface area contributed by atoms with E-state index in [1.165, 1.54) is 0 Å². The highest BCUT2D eigenvalue weighted by atomic mass is 16.5. The molecule has 0 aromatic heterocycles. The number of benzene rings is 1. The molecule has 1 amide bonds. The number of esters is 1. The molecule has 1 heterocycles. The highest BCUT2D eigenvalue weighted by Gasteiger charge is 2.45. The molecule has 1 aromatic rings. The topological polar surface area (TPSA) is 55.8 Å². The molecule has 0 bridgehead atoms. The molecule has 2 aliphatic rings. The van der Waals surface area contributed by atoms with E-state index in [0.717, 1.165) is 43.5 Å². The SMILES string of the molecule is CCCCN(C[C@H]1C[C@@H]1C(=O)OCC)C(=O)c1ccc2c(c1)CCO2. The molecular formula is C20H27NO4. The lowest BCUT2D eigenvalue weighted by atomic mass is 10.1. The van der Waals surface area contributed by atoms with Crippen molar-refractivity contribution >= 4 is 11.9 Å². The summed E-state index contributed by atoms with van der Waals surface area (Å²) in [4.78, 5) is 26.7. The van der Waals surface area contributed by atoms with Gasteiger partial charge in [-0.15, -0.1) is 0 Å². The van der Waals surface area contributed by atoms with Gasteiger partial charge in [-0.05, 0) is 49.4 Å². The maximum Gasteiger partial charge on any atom is 0.309 e. The third kappa shape index (κ3) is 4.14. The molecule has 1 aliphatic carbocycles. The predicted molar refractivity (Wildman–Crippen MR) is 94.7 cm³/mol. The summed E-state index contributed by atoms with van der Waals surface area (Å²) in [5.74, 6) is 1.02. The number of ether oxygens (including phenoxy) is 2. The quantitative estimate of drug-likeness (QED) is 0.680. The second-order valence-electron chi connectivity index (χ2n) is 6.88. The van der Waals surface area contributed by atoms with Crippen molar-refractivity contribution in [3.63, 3.8) is 0 Å². The number of carbonyl (C=O) groups excluding carboxylic acids is 2. The highest BCUT2D eigenvalue weighted by Crippen LogP contribution is 2.40. The lowest BCUT2D eigenvalue weighted by Gasteiger charge is -2.23. The van der Waals surface area contributed by atoms with Gasteiger partial charge >= 0.3 is 5.97 Å². The van der Waals surface area contributed by atoms with Crippen LogP contribution in [0.5, 0.6) is 5.75 Å². The standard InChI is InChI=1S/C20H27NO4/c1-3-5-9-21(13-16-12-17(16)20(23)24-4-2)19(22)15-6-7-18-14(11-15)8-10-25-18/h6-7,11,16-17H,3-5,8-10,12-13H2,1-2H3/t16-,17+/m1/s1. The van der Waals surface area contributed by atoms with Crippen molar-refractivity contribution in [1.82, 2.24) is 4.90 Å². The molecule has 5 nitrogen and oxygen atoms in total. The zero-order chi connectivity index (χ0) is 17.8. The van der Waals surface area contributed by atoms with E-state index >= 15 is 0 Å². The van der Waals surface area contributed by atoms with Gasteiger partial charge in [0.1, 0.15) is 5.75 Å². The van der Waals surface area contributed by atoms with E-state index in [9.17, 15) is 9.59 Å². The van der Waals surface area contributed by atoms with Gasteiger partial charge in [-0.2, -0.15) is 0 Å². The number of rotatable bonds is 8. The fraction of sp³-hybridized carbons (Fsp3) is 0.600. The molecule has 1 fully saturated rings. The molecule has 0 radical (unpaired) electrons. The average Bonchev–Trinajstić information content (AvgIpc) is 3.23. The van der Waals surface area contributed by atoms with Crippen molar-refractivity contribution in [1.29, 1.82) is 0 Å². The smallest absolute Gasteiger partial charge is 0.309 e. The van der Waals surface area contributed by atoms with E-state index in [1.54, 1.807) is 0 Å². The van der Waals surface area contributed by atoms with Gasteiger partial charge in [0.2, 0.25) is 0 Å². The first kappa shape index (κ1) is 17.8.